The molecule has 1 amide bonds. The van der Waals surface area contributed by atoms with E-state index in [1.807, 2.05) is 37.3 Å². The molecule has 5 rings (SSSR count). The summed E-state index contributed by atoms with van der Waals surface area (Å²) in [5.41, 5.74) is 4.35. The van der Waals surface area contributed by atoms with Gasteiger partial charge in [-0.05, 0) is 43.7 Å². The number of aromatic nitrogens is 5. The van der Waals surface area contributed by atoms with Crippen molar-refractivity contribution in [3.05, 3.63) is 66.3 Å². The number of likely N-dealkylation sites (N-methyl/N-ethyl adjacent to an activating group) is 1. The molecule has 0 radical (unpaired) electrons. The van der Waals surface area contributed by atoms with Crippen LogP contribution in [0.15, 0.2) is 59.4 Å². The Bertz CT molecular complexity index is 1290. The number of anilines is 2. The smallest absolute Gasteiger partial charge is 0.233 e. The molecule has 32 heavy (non-hydrogen) atoms. The minimum atomic E-state index is -0.281. The Balaban J connectivity index is 1.40. The Hall–Kier alpha value is -4.14. The highest BCUT2D eigenvalue weighted by molar-refractivity contribution is 5.85. The van der Waals surface area contributed by atoms with Gasteiger partial charge in [-0.3, -0.25) is 9.78 Å². The summed E-state index contributed by atoms with van der Waals surface area (Å²) in [4.78, 5) is 31.8. The maximum Gasteiger partial charge on any atom is 0.233 e. The Morgan fingerprint density at radius 1 is 1.00 bits per heavy atom. The van der Waals surface area contributed by atoms with E-state index in [1.165, 1.54) is 0 Å². The van der Waals surface area contributed by atoms with Crippen molar-refractivity contribution in [1.82, 2.24) is 30.0 Å². The van der Waals surface area contributed by atoms with Gasteiger partial charge in [0.2, 0.25) is 11.9 Å². The van der Waals surface area contributed by atoms with Crippen LogP contribution in [0.1, 0.15) is 23.8 Å². The van der Waals surface area contributed by atoms with E-state index < -0.39 is 0 Å². The number of pyridine rings is 2. The molecule has 9 nitrogen and oxygen atoms in total. The fourth-order valence-electron chi connectivity index (χ4n) is 3.69. The van der Waals surface area contributed by atoms with Crippen LogP contribution in [-0.4, -0.2) is 49.5 Å². The number of nitrogens with zero attached hydrogens (tertiary/aromatic N) is 6. The number of likely N-dealkylation sites (tertiary alicyclic amines) is 1. The summed E-state index contributed by atoms with van der Waals surface area (Å²) in [5, 5.41) is 7.34. The van der Waals surface area contributed by atoms with E-state index in [0.29, 0.717) is 34.5 Å². The Morgan fingerprint density at radius 3 is 2.56 bits per heavy atom. The van der Waals surface area contributed by atoms with Crippen molar-refractivity contribution < 1.29 is 9.32 Å². The molecule has 1 N–H and O–H groups in total. The highest BCUT2D eigenvalue weighted by Crippen LogP contribution is 2.30. The Morgan fingerprint density at radius 2 is 1.78 bits per heavy atom. The third kappa shape index (κ3) is 3.92. The van der Waals surface area contributed by atoms with Crippen molar-refractivity contribution in [3.63, 3.8) is 0 Å². The standard InChI is InChI=1S/C23H21N7O2/c1-14-12-15(6-9-24-14)26-23-25-10-7-19(28-23)17-4-3-5-18(27-17)20-13-21(32-29-20)16-8-11-30(2)22(16)31/h3-7,9-10,12-13,16H,8,11H2,1-2H3,(H,24,25,26,28)/t16-/m0/s1. The summed E-state index contributed by atoms with van der Waals surface area (Å²) in [6.45, 7) is 2.64. The fourth-order valence-corrected chi connectivity index (χ4v) is 3.69. The zero-order valence-electron chi connectivity index (χ0n) is 17.7. The first kappa shape index (κ1) is 19.8. The molecule has 160 valence electrons. The molecule has 1 saturated heterocycles. The monoisotopic (exact) mass is 427 g/mol. The summed E-state index contributed by atoms with van der Waals surface area (Å²) < 4.78 is 5.48. The summed E-state index contributed by atoms with van der Waals surface area (Å²) in [7, 11) is 1.80. The Labute approximate surface area is 184 Å². The molecule has 0 unspecified atom stereocenters. The summed E-state index contributed by atoms with van der Waals surface area (Å²) in [6, 6.07) is 13.0. The Kier molecular flexibility index (Phi) is 5.06. The van der Waals surface area contributed by atoms with Crippen LogP contribution in [0.4, 0.5) is 11.6 Å². The number of nitrogens with one attached hydrogen (secondary N) is 1. The van der Waals surface area contributed by atoms with Crippen LogP contribution in [0.25, 0.3) is 22.8 Å². The molecule has 9 heteroatoms. The molecule has 1 aliphatic rings. The van der Waals surface area contributed by atoms with Crippen molar-refractivity contribution in [2.45, 2.75) is 19.3 Å². The van der Waals surface area contributed by atoms with Gasteiger partial charge in [-0.1, -0.05) is 11.2 Å². The predicted molar refractivity (Wildman–Crippen MR) is 118 cm³/mol. The average Bonchev–Trinajstić information content (AvgIpc) is 3.41. The first-order chi connectivity index (χ1) is 15.6. The van der Waals surface area contributed by atoms with E-state index in [0.717, 1.165) is 24.3 Å². The van der Waals surface area contributed by atoms with Crippen molar-refractivity contribution in [1.29, 1.82) is 0 Å². The quantitative estimate of drug-likeness (QED) is 0.515. The lowest BCUT2D eigenvalue weighted by Gasteiger charge is -2.07. The number of amides is 1. The van der Waals surface area contributed by atoms with Gasteiger partial charge in [0.25, 0.3) is 0 Å². The predicted octanol–water partition coefficient (Wildman–Crippen LogP) is 3.59. The molecule has 1 fully saturated rings. The summed E-state index contributed by atoms with van der Waals surface area (Å²) >= 11 is 0. The number of hydrogen-bond acceptors (Lipinski definition) is 8. The van der Waals surface area contributed by atoms with Crippen LogP contribution in [0.5, 0.6) is 0 Å². The van der Waals surface area contributed by atoms with Crippen LogP contribution < -0.4 is 5.32 Å². The van der Waals surface area contributed by atoms with Crippen molar-refractivity contribution in [2.75, 3.05) is 18.9 Å². The van der Waals surface area contributed by atoms with Crippen LogP contribution >= 0.6 is 0 Å². The fraction of sp³-hybridized carbons (Fsp3) is 0.217. The largest absolute Gasteiger partial charge is 0.360 e. The van der Waals surface area contributed by atoms with Gasteiger partial charge < -0.3 is 14.7 Å². The highest BCUT2D eigenvalue weighted by atomic mass is 16.5. The van der Waals surface area contributed by atoms with Gasteiger partial charge in [0.05, 0.1) is 17.1 Å². The van der Waals surface area contributed by atoms with Crippen molar-refractivity contribution in [3.8, 4) is 22.8 Å². The SMILES string of the molecule is Cc1cc(Nc2nccc(-c3cccc(-c4cc([C@@H]5CCN(C)C5=O)on4)n3)n2)ccn1. The number of rotatable bonds is 5. The summed E-state index contributed by atoms with van der Waals surface area (Å²) in [6.07, 6.45) is 4.14. The number of carbonyl (C=O) groups excluding carboxylic acids is 1. The molecule has 4 aromatic rings. The number of hydrogen-bond donors (Lipinski definition) is 1. The van der Waals surface area contributed by atoms with Gasteiger partial charge in [0.15, 0.2) is 0 Å². The molecule has 1 atom stereocenters. The molecule has 0 aliphatic carbocycles. The van der Waals surface area contributed by atoms with E-state index >= 15 is 0 Å². The lowest BCUT2D eigenvalue weighted by molar-refractivity contribution is -0.128. The molecular formula is C23H21N7O2. The van der Waals surface area contributed by atoms with Crippen LogP contribution in [0.3, 0.4) is 0 Å². The molecule has 0 bridgehead atoms. The second-order valence-electron chi connectivity index (χ2n) is 7.70. The van der Waals surface area contributed by atoms with Crippen molar-refractivity contribution >= 4 is 17.5 Å². The van der Waals surface area contributed by atoms with Gasteiger partial charge >= 0.3 is 0 Å². The maximum absolute atomic E-state index is 12.3. The second-order valence-corrected chi connectivity index (χ2v) is 7.70. The molecule has 0 saturated carbocycles. The zero-order valence-corrected chi connectivity index (χ0v) is 17.7. The molecule has 0 spiro atoms. The first-order valence-corrected chi connectivity index (χ1v) is 10.3. The lowest BCUT2D eigenvalue weighted by atomic mass is 10.0. The van der Waals surface area contributed by atoms with E-state index in [9.17, 15) is 4.79 Å². The lowest BCUT2D eigenvalue weighted by Crippen LogP contribution is -2.21. The van der Waals surface area contributed by atoms with Crippen LogP contribution in [0, 0.1) is 6.92 Å². The van der Waals surface area contributed by atoms with E-state index in [4.69, 9.17) is 9.51 Å². The van der Waals surface area contributed by atoms with Gasteiger partial charge in [-0.2, -0.15) is 0 Å². The normalized spacial score (nSPS) is 15.9. The van der Waals surface area contributed by atoms with Gasteiger partial charge in [0, 0.05) is 43.4 Å². The van der Waals surface area contributed by atoms with Crippen LogP contribution in [-0.2, 0) is 4.79 Å². The van der Waals surface area contributed by atoms with Crippen molar-refractivity contribution in [2.24, 2.45) is 0 Å². The minimum absolute atomic E-state index is 0.0554. The van der Waals surface area contributed by atoms with E-state index in [2.05, 4.69) is 25.4 Å². The maximum atomic E-state index is 12.3. The molecule has 1 aliphatic heterocycles. The topological polar surface area (TPSA) is 110 Å². The molecule has 5 heterocycles. The van der Waals surface area contributed by atoms with E-state index in [1.54, 1.807) is 36.5 Å². The van der Waals surface area contributed by atoms with E-state index in [-0.39, 0.29) is 11.8 Å². The first-order valence-electron chi connectivity index (χ1n) is 10.3. The molecular weight excluding hydrogens is 406 g/mol. The second kappa shape index (κ2) is 8.18. The van der Waals surface area contributed by atoms with Crippen LogP contribution in [0.2, 0.25) is 0 Å². The van der Waals surface area contributed by atoms with Gasteiger partial charge in [0.1, 0.15) is 17.4 Å². The van der Waals surface area contributed by atoms with Gasteiger partial charge in [-0.25, -0.2) is 15.0 Å². The third-order valence-corrected chi connectivity index (χ3v) is 5.38. The number of aryl methyl sites for hydroxylation is 1. The zero-order chi connectivity index (χ0) is 22.1. The molecule has 4 aromatic heterocycles. The number of carbonyl (C=O) groups is 1. The third-order valence-electron chi connectivity index (χ3n) is 5.38. The summed E-state index contributed by atoms with van der Waals surface area (Å²) in [5.74, 6) is 0.812. The molecule has 0 aromatic carbocycles. The minimum Gasteiger partial charge on any atom is -0.360 e. The van der Waals surface area contributed by atoms with Gasteiger partial charge in [-0.15, -0.1) is 0 Å². The highest BCUT2D eigenvalue weighted by Gasteiger charge is 2.33. The average molecular weight is 427 g/mol.